The van der Waals surface area contributed by atoms with Crippen LogP contribution in [0.5, 0.6) is 0 Å². The van der Waals surface area contributed by atoms with Crippen molar-refractivity contribution >= 4 is 46.5 Å². The van der Waals surface area contributed by atoms with Gasteiger partial charge in [0, 0.05) is 7.05 Å². The third kappa shape index (κ3) is 2.23. The topological polar surface area (TPSA) is 79.6 Å². The van der Waals surface area contributed by atoms with E-state index >= 15 is 0 Å². The molecule has 88 valence electrons. The summed E-state index contributed by atoms with van der Waals surface area (Å²) in [5.41, 5.74) is -0.127. The molecule has 0 spiro atoms. The minimum Gasteiger partial charge on any atom is -0.451 e. The summed E-state index contributed by atoms with van der Waals surface area (Å²) in [5.74, 6) is -0.981. The minimum absolute atomic E-state index is 0.127. The van der Waals surface area contributed by atoms with Crippen LogP contribution < -0.4 is 5.32 Å². The van der Waals surface area contributed by atoms with Gasteiger partial charge in [-0.2, -0.15) is 0 Å². The molecule has 1 aromatic rings. The second kappa shape index (κ2) is 4.32. The van der Waals surface area contributed by atoms with Crippen LogP contribution in [0.4, 0.5) is 4.79 Å². The first kappa shape index (κ1) is 11.8. The zero-order valence-electron chi connectivity index (χ0n) is 8.69. The van der Waals surface area contributed by atoms with Crippen molar-refractivity contribution in [1.29, 1.82) is 0 Å². The van der Waals surface area contributed by atoms with Crippen molar-refractivity contribution in [3.05, 3.63) is 27.2 Å². The first-order valence-electron chi connectivity index (χ1n) is 4.59. The van der Waals surface area contributed by atoms with Crippen LogP contribution >= 0.6 is 22.6 Å². The SMILES string of the molecule is CN1C(=O)NC(=O)/C(=C\c2ccc(I)o2)C1=O. The average molecular weight is 346 g/mol. The number of hydrogen-bond acceptors (Lipinski definition) is 4. The molecule has 0 unspecified atom stereocenters. The van der Waals surface area contributed by atoms with Crippen LogP contribution in [0.2, 0.25) is 0 Å². The van der Waals surface area contributed by atoms with Gasteiger partial charge in [0.05, 0.1) is 0 Å². The van der Waals surface area contributed by atoms with Crippen LogP contribution in [0.25, 0.3) is 6.08 Å². The van der Waals surface area contributed by atoms with Crippen molar-refractivity contribution in [3.8, 4) is 0 Å². The molecule has 17 heavy (non-hydrogen) atoms. The number of nitrogens with zero attached hydrogens (tertiary/aromatic N) is 1. The van der Waals surface area contributed by atoms with Crippen molar-refractivity contribution < 1.29 is 18.8 Å². The van der Waals surface area contributed by atoms with E-state index in [2.05, 4.69) is 5.32 Å². The van der Waals surface area contributed by atoms with E-state index in [4.69, 9.17) is 4.42 Å². The van der Waals surface area contributed by atoms with Crippen molar-refractivity contribution in [1.82, 2.24) is 10.2 Å². The van der Waals surface area contributed by atoms with Crippen LogP contribution in [0.15, 0.2) is 22.1 Å². The lowest BCUT2D eigenvalue weighted by molar-refractivity contribution is -0.129. The largest absolute Gasteiger partial charge is 0.451 e. The molecule has 1 aliphatic rings. The summed E-state index contributed by atoms with van der Waals surface area (Å²) in [6, 6.07) is 2.60. The molecular formula is C10H7IN2O4. The minimum atomic E-state index is -0.730. The number of hydrogen-bond donors (Lipinski definition) is 1. The predicted octanol–water partition coefficient (Wildman–Crippen LogP) is 0.976. The molecule has 6 nitrogen and oxygen atoms in total. The number of likely N-dealkylation sites (N-methyl/N-ethyl adjacent to an activating group) is 1. The third-order valence-corrected chi connectivity index (χ3v) is 2.77. The Kier molecular flexibility index (Phi) is 3.01. The molecule has 0 atom stereocenters. The normalized spacial score (nSPS) is 18.8. The quantitative estimate of drug-likeness (QED) is 0.467. The van der Waals surface area contributed by atoms with E-state index in [-0.39, 0.29) is 5.57 Å². The number of rotatable bonds is 1. The molecule has 1 fully saturated rings. The average Bonchev–Trinajstić information content (AvgIpc) is 2.67. The number of halogens is 1. The molecule has 0 aromatic carbocycles. The molecule has 7 heteroatoms. The maximum absolute atomic E-state index is 11.7. The first-order chi connectivity index (χ1) is 7.99. The Balaban J connectivity index is 2.37. The van der Waals surface area contributed by atoms with Gasteiger partial charge in [-0.25, -0.2) is 4.79 Å². The van der Waals surface area contributed by atoms with E-state index in [1.165, 1.54) is 13.1 Å². The number of carbonyl (C=O) groups is 3. The molecule has 2 heterocycles. The molecule has 2 rings (SSSR count). The zero-order valence-corrected chi connectivity index (χ0v) is 10.8. The number of barbiturate groups is 1. The van der Waals surface area contributed by atoms with Crippen LogP contribution in [0.3, 0.4) is 0 Å². The van der Waals surface area contributed by atoms with E-state index in [0.717, 1.165) is 4.90 Å². The Hall–Kier alpha value is -1.64. The first-order valence-corrected chi connectivity index (χ1v) is 5.67. The molecular weight excluding hydrogens is 339 g/mol. The summed E-state index contributed by atoms with van der Waals surface area (Å²) in [4.78, 5) is 35.1. The Bertz CT molecular complexity index is 546. The van der Waals surface area contributed by atoms with Crippen LogP contribution in [0.1, 0.15) is 5.76 Å². The Labute approximate surface area is 110 Å². The number of furan rings is 1. The lowest BCUT2D eigenvalue weighted by Crippen LogP contribution is -2.52. The fraction of sp³-hybridized carbons (Fsp3) is 0.100. The second-order valence-corrected chi connectivity index (χ2v) is 4.39. The summed E-state index contributed by atoms with van der Waals surface area (Å²) in [6.45, 7) is 0. The lowest BCUT2D eigenvalue weighted by Gasteiger charge is -2.21. The van der Waals surface area contributed by atoms with Crippen molar-refractivity contribution in [2.75, 3.05) is 7.05 Å². The third-order valence-electron chi connectivity index (χ3n) is 2.19. The van der Waals surface area contributed by atoms with Gasteiger partial charge in [0.1, 0.15) is 11.3 Å². The van der Waals surface area contributed by atoms with E-state index in [9.17, 15) is 14.4 Å². The Morgan fingerprint density at radius 2 is 2.06 bits per heavy atom. The maximum atomic E-state index is 11.7. The molecule has 1 aliphatic heterocycles. The van der Waals surface area contributed by atoms with E-state index < -0.39 is 17.8 Å². The second-order valence-electron chi connectivity index (χ2n) is 3.32. The van der Waals surface area contributed by atoms with Gasteiger partial charge < -0.3 is 4.42 Å². The molecule has 4 amide bonds. The molecule has 0 radical (unpaired) electrons. The fourth-order valence-corrected chi connectivity index (χ4v) is 1.73. The van der Waals surface area contributed by atoms with E-state index in [1.807, 2.05) is 22.6 Å². The Morgan fingerprint density at radius 1 is 1.35 bits per heavy atom. The lowest BCUT2D eigenvalue weighted by atomic mass is 10.1. The predicted molar refractivity (Wildman–Crippen MR) is 65.7 cm³/mol. The number of amides is 4. The highest BCUT2D eigenvalue weighted by atomic mass is 127. The molecule has 0 aliphatic carbocycles. The van der Waals surface area contributed by atoms with Crippen molar-refractivity contribution in [3.63, 3.8) is 0 Å². The highest BCUT2D eigenvalue weighted by Gasteiger charge is 2.33. The molecule has 1 aromatic heterocycles. The summed E-state index contributed by atoms with van der Waals surface area (Å²) >= 11 is 1.97. The molecule has 1 N–H and O–H groups in total. The molecule has 0 bridgehead atoms. The maximum Gasteiger partial charge on any atom is 0.331 e. The molecule has 0 saturated carbocycles. The van der Waals surface area contributed by atoms with Gasteiger partial charge in [-0.1, -0.05) is 0 Å². The summed E-state index contributed by atoms with van der Waals surface area (Å²) in [6.07, 6.45) is 1.31. The van der Waals surface area contributed by atoms with Gasteiger partial charge in [-0.05, 0) is 40.8 Å². The number of urea groups is 1. The van der Waals surface area contributed by atoms with Crippen LogP contribution in [-0.2, 0) is 9.59 Å². The summed E-state index contributed by atoms with van der Waals surface area (Å²) in [7, 11) is 1.30. The van der Waals surface area contributed by atoms with Gasteiger partial charge in [0.25, 0.3) is 11.8 Å². The smallest absolute Gasteiger partial charge is 0.331 e. The summed E-state index contributed by atoms with van der Waals surface area (Å²) < 4.78 is 5.86. The zero-order chi connectivity index (χ0) is 12.6. The highest BCUT2D eigenvalue weighted by Crippen LogP contribution is 2.16. The van der Waals surface area contributed by atoms with Gasteiger partial charge >= 0.3 is 6.03 Å². The summed E-state index contributed by atoms with van der Waals surface area (Å²) in [5, 5.41) is 2.05. The van der Waals surface area contributed by atoms with Crippen molar-refractivity contribution in [2.24, 2.45) is 0 Å². The van der Waals surface area contributed by atoms with E-state index in [1.54, 1.807) is 12.1 Å². The van der Waals surface area contributed by atoms with Crippen LogP contribution in [-0.4, -0.2) is 29.8 Å². The van der Waals surface area contributed by atoms with Crippen molar-refractivity contribution in [2.45, 2.75) is 0 Å². The van der Waals surface area contributed by atoms with Gasteiger partial charge in [-0.3, -0.25) is 19.8 Å². The fourth-order valence-electron chi connectivity index (χ4n) is 1.29. The van der Waals surface area contributed by atoms with Gasteiger partial charge in [-0.15, -0.1) is 0 Å². The van der Waals surface area contributed by atoms with E-state index in [0.29, 0.717) is 9.53 Å². The number of nitrogens with one attached hydrogen (secondary N) is 1. The standard InChI is InChI=1S/C10H7IN2O4/c1-13-9(15)6(8(14)12-10(13)16)4-5-2-3-7(11)17-5/h2-4H,1H3,(H,12,14,16)/b6-4+. The Morgan fingerprint density at radius 3 is 2.65 bits per heavy atom. The number of imide groups is 2. The highest BCUT2D eigenvalue weighted by molar-refractivity contribution is 14.1. The van der Waals surface area contributed by atoms with Gasteiger partial charge in [0.2, 0.25) is 0 Å². The molecule has 1 saturated heterocycles. The van der Waals surface area contributed by atoms with Gasteiger partial charge in [0.15, 0.2) is 3.77 Å². The van der Waals surface area contributed by atoms with Crippen LogP contribution in [0, 0.1) is 3.77 Å². The number of carbonyl (C=O) groups excluding carboxylic acids is 3. The monoisotopic (exact) mass is 346 g/mol.